The molecule has 1 aromatic carbocycles. The highest BCUT2D eigenvalue weighted by Gasteiger charge is 2.29. The molecule has 4 nitrogen and oxygen atoms in total. The lowest BCUT2D eigenvalue weighted by molar-refractivity contribution is 0.0928. The van der Waals surface area contributed by atoms with Crippen molar-refractivity contribution in [2.45, 2.75) is 39.2 Å². The fraction of sp³-hybridized carbons (Fsp3) is 0.333. The number of aromatic nitrogens is 2. The molecule has 0 spiro atoms. The van der Waals surface area contributed by atoms with Crippen LogP contribution in [0.2, 0.25) is 0 Å². The van der Waals surface area contributed by atoms with Gasteiger partial charge in [0.1, 0.15) is 5.69 Å². The van der Waals surface area contributed by atoms with Crippen LogP contribution in [0.5, 0.6) is 0 Å². The third-order valence-electron chi connectivity index (χ3n) is 5.06. The van der Waals surface area contributed by atoms with E-state index < -0.39 is 0 Å². The molecular formula is C21H23N3O. The molecule has 128 valence electrons. The highest BCUT2D eigenvalue weighted by molar-refractivity contribution is 5.98. The number of para-hydroxylation sites is 1. The molecule has 1 aliphatic rings. The van der Waals surface area contributed by atoms with Crippen LogP contribution in [0.15, 0.2) is 42.6 Å². The molecule has 0 aliphatic heterocycles. The molecule has 1 unspecified atom stereocenters. The van der Waals surface area contributed by atoms with Crippen LogP contribution in [0.25, 0.3) is 10.9 Å². The van der Waals surface area contributed by atoms with E-state index >= 15 is 0 Å². The van der Waals surface area contributed by atoms with E-state index in [-0.39, 0.29) is 11.9 Å². The predicted octanol–water partition coefficient (Wildman–Crippen LogP) is 4.45. The summed E-state index contributed by atoms with van der Waals surface area (Å²) in [7, 11) is 0. The molecule has 1 atom stereocenters. The molecule has 1 aliphatic carbocycles. The molecule has 2 N–H and O–H groups in total. The minimum absolute atomic E-state index is 0.0336. The van der Waals surface area contributed by atoms with E-state index in [4.69, 9.17) is 0 Å². The SMILES string of the molecule is Cc1cccnc1C(CC1CC1)NC(=O)c1cc2cccc(C)c2[nH]1. The first-order valence-corrected chi connectivity index (χ1v) is 8.92. The highest BCUT2D eigenvalue weighted by Crippen LogP contribution is 2.38. The van der Waals surface area contributed by atoms with Crippen molar-refractivity contribution < 1.29 is 4.79 Å². The van der Waals surface area contributed by atoms with Gasteiger partial charge >= 0.3 is 0 Å². The molecule has 25 heavy (non-hydrogen) atoms. The lowest BCUT2D eigenvalue weighted by Crippen LogP contribution is -2.30. The van der Waals surface area contributed by atoms with Gasteiger partial charge in [-0.1, -0.05) is 37.1 Å². The van der Waals surface area contributed by atoms with Gasteiger partial charge in [-0.05, 0) is 49.4 Å². The Morgan fingerprint density at radius 1 is 1.24 bits per heavy atom. The zero-order chi connectivity index (χ0) is 17.4. The normalized spacial score (nSPS) is 15.3. The zero-order valence-electron chi connectivity index (χ0n) is 14.7. The van der Waals surface area contributed by atoms with Crippen molar-refractivity contribution in [3.8, 4) is 0 Å². The third kappa shape index (κ3) is 3.29. The summed E-state index contributed by atoms with van der Waals surface area (Å²) in [5.41, 5.74) is 4.89. The fourth-order valence-electron chi connectivity index (χ4n) is 3.45. The molecule has 1 saturated carbocycles. The molecule has 3 aromatic rings. The van der Waals surface area contributed by atoms with Crippen molar-refractivity contribution in [3.05, 3.63) is 65.1 Å². The zero-order valence-corrected chi connectivity index (χ0v) is 14.7. The number of hydrogen-bond acceptors (Lipinski definition) is 2. The summed E-state index contributed by atoms with van der Waals surface area (Å²) in [6.07, 6.45) is 5.28. The second-order valence-corrected chi connectivity index (χ2v) is 7.13. The largest absolute Gasteiger partial charge is 0.350 e. The molecule has 2 aromatic heterocycles. The first-order chi connectivity index (χ1) is 12.1. The number of aromatic amines is 1. The maximum Gasteiger partial charge on any atom is 0.268 e. The number of rotatable bonds is 5. The quantitative estimate of drug-likeness (QED) is 0.724. The molecule has 2 heterocycles. The van der Waals surface area contributed by atoms with Crippen molar-refractivity contribution in [1.29, 1.82) is 0 Å². The lowest BCUT2D eigenvalue weighted by Gasteiger charge is -2.19. The summed E-state index contributed by atoms with van der Waals surface area (Å²) in [5, 5.41) is 4.28. The molecule has 1 fully saturated rings. The number of nitrogens with one attached hydrogen (secondary N) is 2. The van der Waals surface area contributed by atoms with Gasteiger partial charge in [0.2, 0.25) is 0 Å². The number of carbonyl (C=O) groups excluding carboxylic acids is 1. The summed E-state index contributed by atoms with van der Waals surface area (Å²) in [5.74, 6) is 0.642. The maximum atomic E-state index is 12.9. The van der Waals surface area contributed by atoms with Crippen LogP contribution < -0.4 is 5.32 Å². The number of nitrogens with zero attached hydrogens (tertiary/aromatic N) is 1. The van der Waals surface area contributed by atoms with Crippen LogP contribution in [0.1, 0.15) is 52.6 Å². The topological polar surface area (TPSA) is 57.8 Å². The number of fused-ring (bicyclic) bond motifs is 1. The van der Waals surface area contributed by atoms with Crippen LogP contribution in [-0.4, -0.2) is 15.9 Å². The number of H-pyrrole nitrogens is 1. The van der Waals surface area contributed by atoms with Crippen molar-refractivity contribution >= 4 is 16.8 Å². The minimum atomic E-state index is -0.0636. The Morgan fingerprint density at radius 3 is 2.76 bits per heavy atom. The summed E-state index contributed by atoms with van der Waals surface area (Å²) in [6.45, 7) is 4.11. The summed E-state index contributed by atoms with van der Waals surface area (Å²) in [6, 6.07) is 12.0. The van der Waals surface area contributed by atoms with E-state index in [2.05, 4.69) is 28.3 Å². The first kappa shape index (κ1) is 15.9. The first-order valence-electron chi connectivity index (χ1n) is 8.92. The number of benzene rings is 1. The van der Waals surface area contributed by atoms with Crippen molar-refractivity contribution in [3.63, 3.8) is 0 Å². The Labute approximate surface area is 147 Å². The van der Waals surface area contributed by atoms with Gasteiger partial charge in [-0.2, -0.15) is 0 Å². The average Bonchev–Trinajstić information content (AvgIpc) is 3.30. The standard InChI is InChI=1S/C21H23N3O/c1-13-5-3-7-16-12-18(23-19(13)16)21(25)24-17(11-15-8-9-15)20-14(2)6-4-10-22-20/h3-7,10,12,15,17,23H,8-9,11H2,1-2H3,(H,24,25). The van der Waals surface area contributed by atoms with Crippen LogP contribution in [0.3, 0.4) is 0 Å². The second kappa shape index (κ2) is 6.36. The second-order valence-electron chi connectivity index (χ2n) is 7.13. The van der Waals surface area contributed by atoms with Crippen LogP contribution in [0, 0.1) is 19.8 Å². The number of carbonyl (C=O) groups is 1. The van der Waals surface area contributed by atoms with Crippen LogP contribution in [0.4, 0.5) is 0 Å². The van der Waals surface area contributed by atoms with Crippen molar-refractivity contribution in [2.75, 3.05) is 0 Å². The monoisotopic (exact) mass is 333 g/mol. The Hall–Kier alpha value is -2.62. The molecular weight excluding hydrogens is 310 g/mol. The van der Waals surface area contributed by atoms with Gasteiger partial charge in [0.15, 0.2) is 0 Å². The van der Waals surface area contributed by atoms with Gasteiger partial charge in [-0.15, -0.1) is 0 Å². The molecule has 0 radical (unpaired) electrons. The molecule has 0 saturated heterocycles. The van der Waals surface area contributed by atoms with E-state index in [0.717, 1.165) is 34.1 Å². The molecule has 4 heteroatoms. The third-order valence-corrected chi connectivity index (χ3v) is 5.06. The van der Waals surface area contributed by atoms with E-state index in [1.54, 1.807) is 6.20 Å². The van der Waals surface area contributed by atoms with E-state index in [9.17, 15) is 4.79 Å². The minimum Gasteiger partial charge on any atom is -0.350 e. The van der Waals surface area contributed by atoms with Gasteiger partial charge in [-0.25, -0.2) is 0 Å². The van der Waals surface area contributed by atoms with E-state index in [1.165, 1.54) is 12.8 Å². The van der Waals surface area contributed by atoms with Gasteiger partial charge in [0.05, 0.1) is 11.7 Å². The van der Waals surface area contributed by atoms with Gasteiger partial charge in [0.25, 0.3) is 5.91 Å². The fourth-order valence-corrected chi connectivity index (χ4v) is 3.45. The highest BCUT2D eigenvalue weighted by atomic mass is 16.1. The molecule has 0 bridgehead atoms. The number of hydrogen-bond donors (Lipinski definition) is 2. The Morgan fingerprint density at radius 2 is 2.04 bits per heavy atom. The smallest absolute Gasteiger partial charge is 0.268 e. The number of pyridine rings is 1. The van der Waals surface area contributed by atoms with Crippen LogP contribution >= 0.6 is 0 Å². The van der Waals surface area contributed by atoms with Crippen molar-refractivity contribution in [1.82, 2.24) is 15.3 Å². The van der Waals surface area contributed by atoms with Crippen LogP contribution in [-0.2, 0) is 0 Å². The lowest BCUT2D eigenvalue weighted by atomic mass is 10.0. The van der Waals surface area contributed by atoms with Gasteiger partial charge in [-0.3, -0.25) is 9.78 Å². The summed E-state index contributed by atoms with van der Waals surface area (Å²) >= 11 is 0. The van der Waals surface area contributed by atoms with E-state index in [1.807, 2.05) is 37.3 Å². The summed E-state index contributed by atoms with van der Waals surface area (Å²) in [4.78, 5) is 20.7. The molecule has 4 rings (SSSR count). The van der Waals surface area contributed by atoms with Gasteiger partial charge in [0, 0.05) is 17.1 Å². The number of aryl methyl sites for hydroxylation is 2. The average molecular weight is 333 g/mol. The number of amides is 1. The van der Waals surface area contributed by atoms with E-state index in [0.29, 0.717) is 11.6 Å². The Bertz CT molecular complexity index is 924. The molecule has 1 amide bonds. The summed E-state index contributed by atoms with van der Waals surface area (Å²) < 4.78 is 0. The van der Waals surface area contributed by atoms with Gasteiger partial charge < -0.3 is 10.3 Å². The Balaban J connectivity index is 1.61. The predicted molar refractivity (Wildman–Crippen MR) is 99.6 cm³/mol. The van der Waals surface area contributed by atoms with Crippen molar-refractivity contribution in [2.24, 2.45) is 5.92 Å². The Kier molecular flexibility index (Phi) is 4.04. The maximum absolute atomic E-state index is 12.9.